The van der Waals surface area contributed by atoms with Crippen molar-refractivity contribution in [2.75, 3.05) is 5.32 Å². The highest BCUT2D eigenvalue weighted by Gasteiger charge is 2.10. The summed E-state index contributed by atoms with van der Waals surface area (Å²) in [5.41, 5.74) is 3.92. The second-order valence-electron chi connectivity index (χ2n) is 5.89. The van der Waals surface area contributed by atoms with Crippen LogP contribution in [0.15, 0.2) is 76.5 Å². The molecule has 0 fully saturated rings. The van der Waals surface area contributed by atoms with E-state index >= 15 is 0 Å². The summed E-state index contributed by atoms with van der Waals surface area (Å²) in [5, 5.41) is 3.55. The lowest BCUT2D eigenvalue weighted by Crippen LogP contribution is -2.12. The van der Waals surface area contributed by atoms with Crippen LogP contribution in [0.25, 0.3) is 22.3 Å². The van der Waals surface area contributed by atoms with Crippen LogP contribution >= 0.6 is 23.2 Å². The Labute approximate surface area is 172 Å². The number of allylic oxidation sites excluding steroid dienone is 2. The van der Waals surface area contributed by atoms with Crippen molar-refractivity contribution in [3.8, 4) is 11.3 Å². The number of nitrogens with zero attached hydrogens (tertiary/aromatic N) is 3. The molecule has 0 bridgehead atoms. The first-order valence-corrected chi connectivity index (χ1v) is 9.07. The van der Waals surface area contributed by atoms with Crippen LogP contribution in [0.1, 0.15) is 6.92 Å². The maximum atomic E-state index is 12.4. The number of nitrogens with one attached hydrogen (secondary N) is 1. The number of hydrogen-bond acceptors (Lipinski definition) is 4. The zero-order chi connectivity index (χ0) is 20.1. The minimum Gasteiger partial charge on any atom is -0.322 e. The predicted octanol–water partition coefficient (Wildman–Crippen LogP) is 5.62. The molecule has 7 heteroatoms. The van der Waals surface area contributed by atoms with Crippen LogP contribution in [0, 0.1) is 0 Å². The van der Waals surface area contributed by atoms with Crippen LogP contribution in [0.2, 0.25) is 5.02 Å². The van der Waals surface area contributed by atoms with Crippen LogP contribution in [-0.2, 0) is 4.79 Å². The summed E-state index contributed by atoms with van der Waals surface area (Å²) < 4.78 is 0. The van der Waals surface area contributed by atoms with Gasteiger partial charge in [-0.2, -0.15) is 0 Å². The van der Waals surface area contributed by atoms with Gasteiger partial charge in [-0.3, -0.25) is 14.8 Å². The number of amides is 1. The van der Waals surface area contributed by atoms with Gasteiger partial charge in [0.15, 0.2) is 0 Å². The standard InChI is InChI=1S/C21H16Cl2N4O/c1-13(7-10-20(23)24-2)21(28)26-14-8-9-16(22)15(11-14)19-12-25-17-5-3-4-6-18(17)27-19/h3-12H,2H2,1H3,(H,26,28)/b13-7+,20-10-. The predicted molar refractivity (Wildman–Crippen MR) is 116 cm³/mol. The molecule has 1 aromatic heterocycles. The van der Waals surface area contributed by atoms with Crippen LogP contribution in [0.4, 0.5) is 5.69 Å². The third-order valence-electron chi connectivity index (χ3n) is 3.93. The molecule has 1 amide bonds. The Kier molecular flexibility index (Phi) is 6.19. The minimum atomic E-state index is -0.275. The van der Waals surface area contributed by atoms with E-state index in [0.717, 1.165) is 11.0 Å². The van der Waals surface area contributed by atoms with E-state index in [9.17, 15) is 4.79 Å². The molecular formula is C21H16Cl2N4O. The lowest BCUT2D eigenvalue weighted by molar-refractivity contribution is -0.112. The molecule has 5 nitrogen and oxygen atoms in total. The van der Waals surface area contributed by atoms with Gasteiger partial charge in [0.2, 0.25) is 0 Å². The van der Waals surface area contributed by atoms with Gasteiger partial charge in [-0.05, 0) is 50.0 Å². The molecule has 1 N–H and O–H groups in total. The first-order valence-electron chi connectivity index (χ1n) is 8.32. The molecule has 0 unspecified atom stereocenters. The molecular weight excluding hydrogens is 395 g/mol. The van der Waals surface area contributed by atoms with Crippen LogP contribution in [0.5, 0.6) is 0 Å². The van der Waals surface area contributed by atoms with Gasteiger partial charge < -0.3 is 5.32 Å². The van der Waals surface area contributed by atoms with Gasteiger partial charge in [-0.25, -0.2) is 4.98 Å². The molecule has 0 saturated carbocycles. The van der Waals surface area contributed by atoms with E-state index in [1.807, 2.05) is 24.3 Å². The zero-order valence-corrected chi connectivity index (χ0v) is 16.5. The highest BCUT2D eigenvalue weighted by Crippen LogP contribution is 2.30. The number of hydrogen-bond donors (Lipinski definition) is 1. The number of aliphatic imine (C=N–C) groups is 1. The van der Waals surface area contributed by atoms with Crippen molar-refractivity contribution in [1.82, 2.24) is 9.97 Å². The van der Waals surface area contributed by atoms with Crippen molar-refractivity contribution in [2.24, 2.45) is 4.99 Å². The van der Waals surface area contributed by atoms with Gasteiger partial charge in [0.25, 0.3) is 5.91 Å². The topological polar surface area (TPSA) is 67.2 Å². The molecule has 0 radical (unpaired) electrons. The summed E-state index contributed by atoms with van der Waals surface area (Å²) >= 11 is 12.1. The molecule has 0 saturated heterocycles. The number of para-hydroxylation sites is 2. The van der Waals surface area contributed by atoms with Crippen molar-refractivity contribution in [2.45, 2.75) is 6.92 Å². The minimum absolute atomic E-state index is 0.204. The first-order chi connectivity index (χ1) is 13.5. The molecule has 3 rings (SSSR count). The Bertz CT molecular complexity index is 1120. The largest absolute Gasteiger partial charge is 0.322 e. The quantitative estimate of drug-likeness (QED) is 0.257. The number of aromatic nitrogens is 2. The van der Waals surface area contributed by atoms with Crippen molar-refractivity contribution < 1.29 is 4.79 Å². The maximum absolute atomic E-state index is 12.4. The fraction of sp³-hybridized carbons (Fsp3) is 0.0476. The lowest BCUT2D eigenvalue weighted by atomic mass is 10.1. The van der Waals surface area contributed by atoms with Crippen molar-refractivity contribution in [3.05, 3.63) is 76.6 Å². The van der Waals surface area contributed by atoms with E-state index in [0.29, 0.717) is 27.5 Å². The molecule has 0 atom stereocenters. The fourth-order valence-electron chi connectivity index (χ4n) is 2.44. The van der Waals surface area contributed by atoms with E-state index in [1.165, 1.54) is 6.08 Å². The summed E-state index contributed by atoms with van der Waals surface area (Å²) in [5.74, 6) is -0.275. The van der Waals surface area contributed by atoms with Crippen molar-refractivity contribution in [3.63, 3.8) is 0 Å². The smallest absolute Gasteiger partial charge is 0.251 e. The van der Waals surface area contributed by atoms with E-state index in [1.54, 1.807) is 37.4 Å². The van der Waals surface area contributed by atoms with E-state index in [-0.39, 0.29) is 11.1 Å². The van der Waals surface area contributed by atoms with Crippen LogP contribution < -0.4 is 5.32 Å². The van der Waals surface area contributed by atoms with Crippen molar-refractivity contribution in [1.29, 1.82) is 0 Å². The molecule has 0 spiro atoms. The lowest BCUT2D eigenvalue weighted by Gasteiger charge is -2.10. The van der Waals surface area contributed by atoms with E-state index < -0.39 is 0 Å². The summed E-state index contributed by atoms with van der Waals surface area (Å²) in [7, 11) is 0. The van der Waals surface area contributed by atoms with Gasteiger partial charge in [-0.1, -0.05) is 41.4 Å². The Morgan fingerprint density at radius 3 is 2.68 bits per heavy atom. The maximum Gasteiger partial charge on any atom is 0.251 e. The molecule has 0 aliphatic carbocycles. The Morgan fingerprint density at radius 2 is 1.93 bits per heavy atom. The average Bonchev–Trinajstić information content (AvgIpc) is 2.72. The molecule has 2 aromatic carbocycles. The number of carbonyl (C=O) groups is 1. The Balaban J connectivity index is 1.88. The highest BCUT2D eigenvalue weighted by atomic mass is 35.5. The Hall–Kier alpha value is -3.02. The van der Waals surface area contributed by atoms with Gasteiger partial charge >= 0.3 is 0 Å². The van der Waals surface area contributed by atoms with E-state index in [4.69, 9.17) is 23.2 Å². The number of fused-ring (bicyclic) bond motifs is 1. The van der Waals surface area contributed by atoms with E-state index in [2.05, 4.69) is 27.0 Å². The second kappa shape index (κ2) is 8.78. The SMILES string of the molecule is C=N/C(Cl)=C\C=C(/C)C(=O)Nc1ccc(Cl)c(-c2cnc3ccccc3n2)c1. The molecule has 28 heavy (non-hydrogen) atoms. The third kappa shape index (κ3) is 4.63. The number of halogens is 2. The second-order valence-corrected chi connectivity index (χ2v) is 6.68. The summed E-state index contributed by atoms with van der Waals surface area (Å²) in [6.07, 6.45) is 4.73. The van der Waals surface area contributed by atoms with Gasteiger partial charge in [0.1, 0.15) is 5.16 Å². The average molecular weight is 411 g/mol. The monoisotopic (exact) mass is 410 g/mol. The summed E-state index contributed by atoms with van der Waals surface area (Å²) in [6.45, 7) is 4.98. The first kappa shape index (κ1) is 19.7. The van der Waals surface area contributed by atoms with Gasteiger partial charge in [0.05, 0.1) is 27.9 Å². The number of carbonyl (C=O) groups excluding carboxylic acids is 1. The van der Waals surface area contributed by atoms with Gasteiger partial charge in [0, 0.05) is 16.8 Å². The third-order valence-corrected chi connectivity index (χ3v) is 4.50. The molecule has 0 aliphatic rings. The number of anilines is 1. The molecule has 140 valence electrons. The van der Waals surface area contributed by atoms with Crippen LogP contribution in [0.3, 0.4) is 0 Å². The number of benzene rings is 2. The molecule has 1 heterocycles. The summed E-state index contributed by atoms with van der Waals surface area (Å²) in [6, 6.07) is 12.8. The number of rotatable bonds is 5. The highest BCUT2D eigenvalue weighted by molar-refractivity contribution is 6.33. The normalized spacial score (nSPS) is 12.1. The summed E-state index contributed by atoms with van der Waals surface area (Å²) in [4.78, 5) is 24.9. The zero-order valence-electron chi connectivity index (χ0n) is 15.0. The fourth-order valence-corrected chi connectivity index (χ4v) is 2.72. The van der Waals surface area contributed by atoms with Crippen molar-refractivity contribution >= 4 is 52.5 Å². The van der Waals surface area contributed by atoms with Gasteiger partial charge in [-0.15, -0.1) is 0 Å². The molecule has 0 aliphatic heterocycles. The Morgan fingerprint density at radius 1 is 1.18 bits per heavy atom. The molecule has 3 aromatic rings. The van der Waals surface area contributed by atoms with Crippen LogP contribution in [-0.4, -0.2) is 22.6 Å².